The average Bonchev–Trinajstić information content (AvgIpc) is 2.29. The maximum absolute atomic E-state index is 13.3. The van der Waals surface area contributed by atoms with Crippen LogP contribution in [0.15, 0.2) is 23.0 Å². The minimum absolute atomic E-state index is 0.0401. The zero-order chi connectivity index (χ0) is 12.6. The summed E-state index contributed by atoms with van der Waals surface area (Å²) in [5, 5.41) is 0.0401. The summed E-state index contributed by atoms with van der Waals surface area (Å²) < 4.78 is 13.8. The van der Waals surface area contributed by atoms with E-state index < -0.39 is 5.82 Å². The highest BCUT2D eigenvalue weighted by Gasteiger charge is 2.08. The number of hydrogen-bond acceptors (Lipinski definition) is 2. The third-order valence-corrected chi connectivity index (χ3v) is 3.80. The van der Waals surface area contributed by atoms with Gasteiger partial charge in [0.25, 0.3) is 5.56 Å². The van der Waals surface area contributed by atoms with Crippen LogP contribution in [0.5, 0.6) is 0 Å². The first-order valence-corrected chi connectivity index (χ1v) is 6.16. The van der Waals surface area contributed by atoms with Gasteiger partial charge in [0.2, 0.25) is 0 Å². The van der Waals surface area contributed by atoms with Gasteiger partial charge >= 0.3 is 0 Å². The van der Waals surface area contributed by atoms with Crippen LogP contribution in [0.2, 0.25) is 5.02 Å². The molecule has 1 N–H and O–H groups in total. The van der Waals surface area contributed by atoms with Crippen molar-refractivity contribution < 1.29 is 4.39 Å². The molecule has 6 heteroatoms. The topological polar surface area (TPSA) is 45.8 Å². The number of aromatic amines is 1. The standard InChI is InChI=1S/C11H7ClFIN2O/c1-5-9(14)11(17)16-10(15-5)6-2-3-7(12)8(13)4-6/h2-4H,1H3,(H,15,16,17). The van der Waals surface area contributed by atoms with Gasteiger partial charge in [-0.2, -0.15) is 0 Å². The second kappa shape index (κ2) is 4.73. The normalized spacial score (nSPS) is 10.6. The third kappa shape index (κ3) is 2.50. The minimum atomic E-state index is -0.539. The second-order valence-electron chi connectivity index (χ2n) is 3.44. The second-order valence-corrected chi connectivity index (χ2v) is 4.93. The molecule has 0 aliphatic carbocycles. The van der Waals surface area contributed by atoms with Gasteiger partial charge in [-0.15, -0.1) is 0 Å². The predicted molar refractivity (Wildman–Crippen MR) is 72.7 cm³/mol. The first-order chi connectivity index (χ1) is 7.99. The fourth-order valence-corrected chi connectivity index (χ4v) is 1.72. The van der Waals surface area contributed by atoms with Crippen LogP contribution >= 0.6 is 34.2 Å². The van der Waals surface area contributed by atoms with Crippen molar-refractivity contribution in [1.29, 1.82) is 0 Å². The van der Waals surface area contributed by atoms with E-state index in [1.54, 1.807) is 13.0 Å². The van der Waals surface area contributed by atoms with Crippen molar-refractivity contribution in [2.24, 2.45) is 0 Å². The molecule has 0 radical (unpaired) electrons. The maximum Gasteiger partial charge on any atom is 0.264 e. The Labute approximate surface area is 115 Å². The van der Waals surface area contributed by atoms with Crippen molar-refractivity contribution in [3.63, 3.8) is 0 Å². The molecule has 2 aromatic rings. The lowest BCUT2D eigenvalue weighted by Crippen LogP contribution is -2.14. The highest BCUT2D eigenvalue weighted by Crippen LogP contribution is 2.21. The SMILES string of the molecule is Cc1nc(-c2ccc(Cl)c(F)c2)[nH]c(=O)c1I. The summed E-state index contributed by atoms with van der Waals surface area (Å²) in [6.45, 7) is 1.73. The summed E-state index contributed by atoms with van der Waals surface area (Å²) in [5.41, 5.74) is 0.867. The smallest absolute Gasteiger partial charge is 0.264 e. The molecule has 1 aromatic heterocycles. The molecule has 0 bridgehead atoms. The lowest BCUT2D eigenvalue weighted by atomic mass is 10.2. The lowest BCUT2D eigenvalue weighted by molar-refractivity contribution is 0.628. The van der Waals surface area contributed by atoms with Crippen LogP contribution < -0.4 is 5.56 Å². The lowest BCUT2D eigenvalue weighted by Gasteiger charge is -2.04. The zero-order valence-corrected chi connectivity index (χ0v) is 11.6. The summed E-state index contributed by atoms with van der Waals surface area (Å²) in [4.78, 5) is 18.4. The van der Waals surface area contributed by atoms with E-state index in [-0.39, 0.29) is 10.6 Å². The van der Waals surface area contributed by atoms with Crippen molar-refractivity contribution in [3.05, 3.63) is 48.7 Å². The fourth-order valence-electron chi connectivity index (χ4n) is 1.35. The molecule has 0 saturated heterocycles. The number of nitrogens with one attached hydrogen (secondary N) is 1. The van der Waals surface area contributed by atoms with Gasteiger partial charge in [0, 0.05) is 5.56 Å². The number of halogens is 3. The van der Waals surface area contributed by atoms with Crippen molar-refractivity contribution in [3.8, 4) is 11.4 Å². The van der Waals surface area contributed by atoms with E-state index in [1.165, 1.54) is 12.1 Å². The van der Waals surface area contributed by atoms with E-state index >= 15 is 0 Å². The van der Waals surface area contributed by atoms with Crippen LogP contribution in [-0.4, -0.2) is 9.97 Å². The van der Waals surface area contributed by atoms with Crippen LogP contribution in [-0.2, 0) is 0 Å². The number of benzene rings is 1. The number of aromatic nitrogens is 2. The number of rotatable bonds is 1. The molecule has 3 nitrogen and oxygen atoms in total. The Hall–Kier alpha value is -0.950. The Kier molecular flexibility index (Phi) is 3.48. The Morgan fingerprint density at radius 2 is 2.18 bits per heavy atom. The number of H-pyrrole nitrogens is 1. The molecule has 1 heterocycles. The fraction of sp³-hybridized carbons (Fsp3) is 0.0909. The summed E-state index contributed by atoms with van der Waals surface area (Å²) in [5.74, 6) is -0.202. The molecule has 0 amide bonds. The van der Waals surface area contributed by atoms with Crippen molar-refractivity contribution in [2.45, 2.75) is 6.92 Å². The van der Waals surface area contributed by atoms with Crippen LogP contribution in [0.1, 0.15) is 5.69 Å². The van der Waals surface area contributed by atoms with Crippen molar-refractivity contribution in [1.82, 2.24) is 9.97 Å². The summed E-state index contributed by atoms with van der Waals surface area (Å²) >= 11 is 7.50. The predicted octanol–water partition coefficient (Wildman–Crippen LogP) is 3.14. The molecule has 0 atom stereocenters. The van der Waals surface area contributed by atoms with Crippen molar-refractivity contribution >= 4 is 34.2 Å². The monoisotopic (exact) mass is 364 g/mol. The largest absolute Gasteiger partial charge is 0.306 e. The van der Waals surface area contributed by atoms with Gasteiger partial charge in [-0.05, 0) is 47.7 Å². The summed E-state index contributed by atoms with van der Waals surface area (Å²) in [6.07, 6.45) is 0. The first-order valence-electron chi connectivity index (χ1n) is 4.71. The Bertz CT molecular complexity index is 642. The third-order valence-electron chi connectivity index (χ3n) is 2.22. The van der Waals surface area contributed by atoms with E-state index in [4.69, 9.17) is 11.6 Å². The van der Waals surface area contributed by atoms with Crippen LogP contribution in [0, 0.1) is 16.3 Å². The van der Waals surface area contributed by atoms with Gasteiger partial charge in [0.05, 0.1) is 14.3 Å². The molecule has 2 rings (SSSR count). The molecule has 88 valence electrons. The Morgan fingerprint density at radius 1 is 1.47 bits per heavy atom. The molecular formula is C11H7ClFIN2O. The molecule has 0 aliphatic rings. The van der Waals surface area contributed by atoms with E-state index in [9.17, 15) is 9.18 Å². The number of aryl methyl sites for hydroxylation is 1. The highest BCUT2D eigenvalue weighted by atomic mass is 127. The van der Waals surface area contributed by atoms with Gasteiger partial charge in [0.1, 0.15) is 11.6 Å². The molecular weight excluding hydrogens is 357 g/mol. The van der Waals surface area contributed by atoms with Crippen LogP contribution in [0.4, 0.5) is 4.39 Å². The molecule has 17 heavy (non-hydrogen) atoms. The van der Waals surface area contributed by atoms with E-state index in [0.29, 0.717) is 20.7 Å². The Balaban J connectivity index is 2.61. The van der Waals surface area contributed by atoms with Gasteiger partial charge in [-0.25, -0.2) is 9.37 Å². The molecule has 1 aromatic carbocycles. The molecule has 0 spiro atoms. The number of nitrogens with zero attached hydrogens (tertiary/aromatic N) is 1. The highest BCUT2D eigenvalue weighted by molar-refractivity contribution is 14.1. The average molecular weight is 365 g/mol. The zero-order valence-electron chi connectivity index (χ0n) is 8.72. The van der Waals surface area contributed by atoms with Gasteiger partial charge < -0.3 is 4.98 Å². The van der Waals surface area contributed by atoms with E-state index in [1.807, 2.05) is 22.6 Å². The Morgan fingerprint density at radius 3 is 2.76 bits per heavy atom. The van der Waals surface area contributed by atoms with E-state index in [2.05, 4.69) is 9.97 Å². The van der Waals surface area contributed by atoms with E-state index in [0.717, 1.165) is 0 Å². The van der Waals surface area contributed by atoms with Crippen molar-refractivity contribution in [2.75, 3.05) is 0 Å². The first kappa shape index (κ1) is 12.5. The minimum Gasteiger partial charge on any atom is -0.306 e. The van der Waals surface area contributed by atoms with Gasteiger partial charge in [-0.1, -0.05) is 11.6 Å². The summed E-state index contributed by atoms with van der Waals surface area (Å²) in [6, 6.07) is 4.28. The quantitative estimate of drug-likeness (QED) is 0.790. The van der Waals surface area contributed by atoms with Gasteiger partial charge in [0.15, 0.2) is 0 Å². The van der Waals surface area contributed by atoms with Gasteiger partial charge in [-0.3, -0.25) is 4.79 Å². The maximum atomic E-state index is 13.3. The summed E-state index contributed by atoms with van der Waals surface area (Å²) in [7, 11) is 0. The van der Waals surface area contributed by atoms with Crippen LogP contribution in [0.25, 0.3) is 11.4 Å². The van der Waals surface area contributed by atoms with Crippen LogP contribution in [0.3, 0.4) is 0 Å². The molecule has 0 aliphatic heterocycles. The molecule has 0 saturated carbocycles. The molecule has 0 unspecified atom stereocenters. The molecule has 0 fully saturated rings. The number of hydrogen-bond donors (Lipinski definition) is 1.